The van der Waals surface area contributed by atoms with E-state index >= 15 is 0 Å². The van der Waals surface area contributed by atoms with Crippen LogP contribution in [0.2, 0.25) is 20.1 Å². The van der Waals surface area contributed by atoms with Crippen molar-refractivity contribution in [2.75, 3.05) is 21.1 Å². The van der Waals surface area contributed by atoms with E-state index in [1.165, 1.54) is 105 Å². The van der Waals surface area contributed by atoms with Gasteiger partial charge in [0.15, 0.2) is 11.5 Å². The number of aromatic nitrogens is 2. The lowest BCUT2D eigenvalue weighted by atomic mass is 9.98. The largest absolute Gasteiger partial charge is 0.337 e. The Bertz CT molecular complexity index is 2260. The van der Waals surface area contributed by atoms with Gasteiger partial charge in [-0.15, -0.1) is 0 Å². The summed E-state index contributed by atoms with van der Waals surface area (Å²) in [4.78, 5) is 42.4. The smallest absolute Gasteiger partial charge is 0.298 e. The number of amides is 2. The highest BCUT2D eigenvalue weighted by Crippen LogP contribution is 2.37. The molecule has 0 radical (unpaired) electrons. The van der Waals surface area contributed by atoms with Crippen molar-refractivity contribution in [1.29, 1.82) is 0 Å². The maximum Gasteiger partial charge on any atom is 0.298 e. The Morgan fingerprint density at radius 3 is 1.90 bits per heavy atom. The second-order valence-corrected chi connectivity index (χ2v) is 17.5. The predicted octanol–water partition coefficient (Wildman–Crippen LogP) is 14.6. The van der Waals surface area contributed by atoms with Gasteiger partial charge in [-0.1, -0.05) is 192 Å². The minimum atomic E-state index is -0.523. The number of nitrogens with one attached hydrogen (secondary N) is 4. The van der Waals surface area contributed by atoms with E-state index in [1.807, 2.05) is 42.5 Å². The molecular formula is C47H56Cl4N6O3. The van der Waals surface area contributed by atoms with E-state index in [-0.39, 0.29) is 51.4 Å². The number of carbonyl (C=O) groups is 2. The molecule has 2 amide bonds. The second-order valence-electron chi connectivity index (χ2n) is 15.8. The van der Waals surface area contributed by atoms with Crippen molar-refractivity contribution < 1.29 is 9.59 Å². The maximum absolute atomic E-state index is 14.1. The summed E-state index contributed by atoms with van der Waals surface area (Å²) in [6.07, 6.45) is 21.4. The summed E-state index contributed by atoms with van der Waals surface area (Å²) >= 11 is 26.0. The molecule has 9 nitrogen and oxygen atoms in total. The molecule has 0 aliphatic carbocycles. The molecule has 4 aromatic carbocycles. The number of hydrazine groups is 1. The van der Waals surface area contributed by atoms with Gasteiger partial charge in [-0.25, -0.2) is 4.68 Å². The van der Waals surface area contributed by atoms with E-state index in [0.717, 1.165) is 35.7 Å². The summed E-state index contributed by atoms with van der Waals surface area (Å²) in [6.45, 7) is 2.27. The third-order valence-corrected chi connectivity index (χ3v) is 12.4. The number of fused-ring (bicyclic) bond motifs is 1. The van der Waals surface area contributed by atoms with Crippen molar-refractivity contribution in [3.63, 3.8) is 0 Å². The van der Waals surface area contributed by atoms with Crippen LogP contribution in [-0.2, 0) is 9.59 Å². The molecule has 1 aromatic heterocycles. The average Bonchev–Trinajstić information content (AvgIpc) is 3.69. The zero-order valence-corrected chi connectivity index (χ0v) is 37.4. The summed E-state index contributed by atoms with van der Waals surface area (Å²) < 4.78 is 1.20. The molecule has 320 valence electrons. The number of nitrogens with zero attached hydrogens (tertiary/aromatic N) is 2. The molecule has 1 saturated heterocycles. The molecule has 0 saturated carbocycles. The minimum Gasteiger partial charge on any atom is -0.337 e. The molecule has 2 heterocycles. The van der Waals surface area contributed by atoms with Gasteiger partial charge in [-0.3, -0.25) is 35.2 Å². The van der Waals surface area contributed by atoms with Crippen molar-refractivity contribution in [1.82, 2.24) is 9.78 Å². The monoisotopic (exact) mass is 892 g/mol. The number of halogens is 4. The first kappa shape index (κ1) is 45.4. The zero-order chi connectivity index (χ0) is 42.4. The summed E-state index contributed by atoms with van der Waals surface area (Å²) in [5.74, 6) is -0.605. The van der Waals surface area contributed by atoms with Crippen LogP contribution in [0.15, 0.2) is 77.6 Å². The van der Waals surface area contributed by atoms with Gasteiger partial charge in [0.1, 0.15) is 5.69 Å². The van der Waals surface area contributed by atoms with Crippen LogP contribution >= 0.6 is 46.4 Å². The Balaban J connectivity index is 1.06. The third-order valence-electron chi connectivity index (χ3n) is 11.3. The van der Waals surface area contributed by atoms with E-state index in [1.54, 1.807) is 18.2 Å². The normalized spacial score (nSPS) is 14.1. The molecule has 5 aromatic rings. The van der Waals surface area contributed by atoms with Crippen LogP contribution in [0.3, 0.4) is 0 Å². The fourth-order valence-corrected chi connectivity index (χ4v) is 9.18. The fraction of sp³-hybridized carbons (Fsp3) is 0.426. The molecule has 1 aliphatic heterocycles. The van der Waals surface area contributed by atoms with Crippen LogP contribution in [0.4, 0.5) is 28.6 Å². The summed E-state index contributed by atoms with van der Waals surface area (Å²) in [5.41, 5.74) is 7.46. The Labute approximate surface area is 373 Å². The lowest BCUT2D eigenvalue weighted by Crippen LogP contribution is -2.30. The Kier molecular flexibility index (Phi) is 17.1. The number of imide groups is 1. The van der Waals surface area contributed by atoms with E-state index in [4.69, 9.17) is 46.4 Å². The highest BCUT2D eigenvalue weighted by atomic mass is 35.5. The van der Waals surface area contributed by atoms with Crippen LogP contribution in [0.5, 0.6) is 0 Å². The molecular weight excluding hydrogens is 838 g/mol. The fourth-order valence-electron chi connectivity index (χ4n) is 8.03. The molecule has 1 aliphatic rings. The molecule has 1 atom stereocenters. The minimum absolute atomic E-state index is 0.0821. The first-order valence-electron chi connectivity index (χ1n) is 21.6. The number of carbonyl (C=O) groups excluding carboxylic acids is 2. The summed E-state index contributed by atoms with van der Waals surface area (Å²) in [6, 6.07) is 21.5. The predicted molar refractivity (Wildman–Crippen MR) is 252 cm³/mol. The first-order valence-corrected chi connectivity index (χ1v) is 23.1. The standard InChI is InChI=1S/C47H56Cl4N6O3/c1-2-3-4-5-6-7-8-9-10-11-12-13-14-15-16-17-22-33-28-42(58)56(46(33)59)35-26-27-37(49)41(31-35)52-45-43(54-53-40-25-20-23-32-21-18-19-24-36(32)40)47(60)57(55-45)44-38(50)29-34(48)30-39(44)51/h18-21,23-27,29-31,33,52-55H,2-17,22,28H2,1H3. The number of benzene rings is 4. The SMILES string of the molecule is CCCCCCCCCCCCCCCCCCC1CC(=O)N(c2ccc(Cl)c(Nc3[nH]n(-c4c(Cl)cc(Cl)cc4Cl)c(=O)c3NNc3cccc4ccccc34)c2)C1=O. The van der Waals surface area contributed by atoms with Crippen molar-refractivity contribution in [2.45, 2.75) is 122 Å². The molecule has 1 unspecified atom stereocenters. The molecule has 4 N–H and O–H groups in total. The van der Waals surface area contributed by atoms with Gasteiger partial charge in [0.2, 0.25) is 11.8 Å². The van der Waals surface area contributed by atoms with Crippen LogP contribution in [-0.4, -0.2) is 21.6 Å². The van der Waals surface area contributed by atoms with Crippen LogP contribution in [0.1, 0.15) is 122 Å². The number of H-pyrrole nitrogens is 1. The van der Waals surface area contributed by atoms with Gasteiger partial charge in [0, 0.05) is 22.7 Å². The number of aromatic amines is 1. The molecule has 0 bridgehead atoms. The lowest BCUT2D eigenvalue weighted by Gasteiger charge is -2.18. The number of anilines is 5. The quantitative estimate of drug-likeness (QED) is 0.0279. The Hall–Kier alpha value is -4.15. The van der Waals surface area contributed by atoms with Gasteiger partial charge in [-0.2, -0.15) is 0 Å². The number of rotatable bonds is 24. The van der Waals surface area contributed by atoms with Crippen molar-refractivity contribution in [2.24, 2.45) is 5.92 Å². The summed E-state index contributed by atoms with van der Waals surface area (Å²) in [5, 5.41) is 9.13. The molecule has 1 fully saturated rings. The maximum atomic E-state index is 14.1. The molecule has 6 rings (SSSR count). The highest BCUT2D eigenvalue weighted by molar-refractivity contribution is 6.40. The number of hydrogen-bond acceptors (Lipinski definition) is 6. The van der Waals surface area contributed by atoms with E-state index in [0.29, 0.717) is 27.8 Å². The van der Waals surface area contributed by atoms with Crippen molar-refractivity contribution in [3.8, 4) is 5.69 Å². The number of unbranched alkanes of at least 4 members (excludes halogenated alkanes) is 15. The van der Waals surface area contributed by atoms with Gasteiger partial charge in [0.05, 0.1) is 32.1 Å². The highest BCUT2D eigenvalue weighted by Gasteiger charge is 2.39. The first-order chi connectivity index (χ1) is 29.2. The van der Waals surface area contributed by atoms with E-state index < -0.39 is 5.56 Å². The third kappa shape index (κ3) is 11.8. The van der Waals surface area contributed by atoms with E-state index in [9.17, 15) is 14.4 Å². The van der Waals surface area contributed by atoms with Crippen LogP contribution in [0, 0.1) is 5.92 Å². The molecule has 60 heavy (non-hydrogen) atoms. The molecule has 0 spiro atoms. The second kappa shape index (κ2) is 22.6. The van der Waals surface area contributed by atoms with Crippen molar-refractivity contribution in [3.05, 3.63) is 103 Å². The van der Waals surface area contributed by atoms with Crippen LogP contribution < -0.4 is 26.6 Å². The Morgan fingerprint density at radius 2 is 1.25 bits per heavy atom. The Morgan fingerprint density at radius 1 is 0.650 bits per heavy atom. The van der Waals surface area contributed by atoms with Gasteiger partial charge < -0.3 is 5.32 Å². The van der Waals surface area contributed by atoms with Crippen molar-refractivity contribution >= 4 is 97.6 Å². The lowest BCUT2D eigenvalue weighted by molar-refractivity contribution is -0.122. The number of hydrogen-bond donors (Lipinski definition) is 4. The molecule has 13 heteroatoms. The van der Waals surface area contributed by atoms with Gasteiger partial charge in [0.25, 0.3) is 5.56 Å². The van der Waals surface area contributed by atoms with E-state index in [2.05, 4.69) is 28.2 Å². The van der Waals surface area contributed by atoms with Gasteiger partial charge in [-0.05, 0) is 48.2 Å². The topological polar surface area (TPSA) is 111 Å². The zero-order valence-electron chi connectivity index (χ0n) is 34.4. The van der Waals surface area contributed by atoms with Gasteiger partial charge >= 0.3 is 0 Å². The summed E-state index contributed by atoms with van der Waals surface area (Å²) in [7, 11) is 0. The van der Waals surface area contributed by atoms with Crippen LogP contribution in [0.25, 0.3) is 16.5 Å². The average molecular weight is 895 g/mol.